The third-order valence-corrected chi connectivity index (χ3v) is 3.52. The molecule has 3 N–H and O–H groups in total. The fraction of sp³-hybridized carbons (Fsp3) is 0.353. The van der Waals surface area contributed by atoms with Crippen LogP contribution in [0.5, 0.6) is 0 Å². The Hall–Kier alpha value is -2.63. The minimum atomic E-state index is -0.226. The highest BCUT2D eigenvalue weighted by Crippen LogP contribution is 2.20. The number of rotatable bonds is 7. The molecule has 0 aliphatic rings. The van der Waals surface area contributed by atoms with Crippen LogP contribution in [0.2, 0.25) is 0 Å². The maximum atomic E-state index is 11.9. The highest BCUT2D eigenvalue weighted by molar-refractivity contribution is 5.84. The summed E-state index contributed by atoms with van der Waals surface area (Å²) in [5.41, 5.74) is 1.95. The summed E-state index contributed by atoms with van der Waals surface area (Å²) in [6.45, 7) is 3.70. The Kier molecular flexibility index (Phi) is 5.91. The van der Waals surface area contributed by atoms with Gasteiger partial charge in [0, 0.05) is 6.42 Å². The molecule has 1 atom stereocenters. The Bertz CT molecular complexity index is 652. The van der Waals surface area contributed by atoms with E-state index in [1.165, 1.54) is 0 Å². The fourth-order valence-corrected chi connectivity index (χ4v) is 2.19. The number of hydrogen-bond donors (Lipinski definition) is 3. The van der Waals surface area contributed by atoms with Crippen LogP contribution in [0.25, 0.3) is 11.3 Å². The number of benzene rings is 1. The highest BCUT2D eigenvalue weighted by Gasteiger charge is 2.16. The number of nitrogens with zero attached hydrogens (tertiary/aromatic N) is 1. The molecular weight excluding hydrogens is 292 g/mol. The van der Waals surface area contributed by atoms with Gasteiger partial charge in [0.15, 0.2) is 0 Å². The molecule has 0 spiro atoms. The molecule has 0 unspecified atom stereocenters. The van der Waals surface area contributed by atoms with E-state index in [0.29, 0.717) is 18.7 Å². The van der Waals surface area contributed by atoms with Gasteiger partial charge in [0.1, 0.15) is 5.82 Å². The van der Waals surface area contributed by atoms with Crippen molar-refractivity contribution in [2.24, 2.45) is 0 Å². The van der Waals surface area contributed by atoms with Crippen LogP contribution in [0, 0.1) is 0 Å². The molecule has 0 radical (unpaired) electrons. The van der Waals surface area contributed by atoms with E-state index in [-0.39, 0.29) is 24.4 Å². The van der Waals surface area contributed by atoms with Crippen molar-refractivity contribution in [1.29, 1.82) is 0 Å². The minimum absolute atomic E-state index is 0.0184. The predicted molar refractivity (Wildman–Crippen MR) is 88.5 cm³/mol. The summed E-state index contributed by atoms with van der Waals surface area (Å²) in [6.07, 6.45) is 2.83. The molecule has 0 bridgehead atoms. The van der Waals surface area contributed by atoms with Crippen LogP contribution in [0.15, 0.2) is 36.5 Å². The summed E-state index contributed by atoms with van der Waals surface area (Å²) >= 11 is 0. The van der Waals surface area contributed by atoms with Crippen LogP contribution in [0.1, 0.15) is 38.6 Å². The van der Waals surface area contributed by atoms with Crippen LogP contribution in [0.3, 0.4) is 0 Å². The van der Waals surface area contributed by atoms with E-state index >= 15 is 0 Å². The second-order valence-electron chi connectivity index (χ2n) is 5.21. The molecule has 2 aromatic rings. The number of imidazole rings is 1. The number of nitrogens with one attached hydrogen (secondary N) is 3. The zero-order valence-corrected chi connectivity index (χ0v) is 13.4. The van der Waals surface area contributed by atoms with Crippen molar-refractivity contribution in [3.05, 3.63) is 42.4 Å². The van der Waals surface area contributed by atoms with Crippen molar-refractivity contribution in [2.45, 2.75) is 32.7 Å². The number of H-pyrrole nitrogens is 1. The van der Waals surface area contributed by atoms with Gasteiger partial charge >= 0.3 is 0 Å². The lowest BCUT2D eigenvalue weighted by atomic mass is 10.2. The lowest BCUT2D eigenvalue weighted by molar-refractivity contribution is -0.126. The molecule has 0 saturated carbocycles. The summed E-state index contributed by atoms with van der Waals surface area (Å²) in [4.78, 5) is 30.7. The van der Waals surface area contributed by atoms with Crippen molar-refractivity contribution in [3.63, 3.8) is 0 Å². The molecule has 0 aliphatic carbocycles. The Balaban J connectivity index is 2.00. The van der Waals surface area contributed by atoms with Gasteiger partial charge < -0.3 is 15.6 Å². The number of carbonyl (C=O) groups is 2. The van der Waals surface area contributed by atoms with E-state index in [0.717, 1.165) is 11.3 Å². The van der Waals surface area contributed by atoms with Crippen LogP contribution < -0.4 is 10.6 Å². The number of aromatic nitrogens is 2. The van der Waals surface area contributed by atoms with Gasteiger partial charge in [-0.25, -0.2) is 4.98 Å². The Morgan fingerprint density at radius 1 is 1.17 bits per heavy atom. The first kappa shape index (κ1) is 16.7. The molecule has 2 rings (SSSR count). The van der Waals surface area contributed by atoms with Crippen molar-refractivity contribution in [3.8, 4) is 11.3 Å². The van der Waals surface area contributed by atoms with Crippen molar-refractivity contribution in [2.75, 3.05) is 6.54 Å². The molecular formula is C17H22N4O2. The van der Waals surface area contributed by atoms with Gasteiger partial charge in [0.25, 0.3) is 0 Å². The second-order valence-corrected chi connectivity index (χ2v) is 5.21. The van der Waals surface area contributed by atoms with Gasteiger partial charge in [-0.3, -0.25) is 9.59 Å². The zero-order chi connectivity index (χ0) is 16.7. The Morgan fingerprint density at radius 3 is 2.57 bits per heavy atom. The average molecular weight is 314 g/mol. The van der Waals surface area contributed by atoms with E-state index in [4.69, 9.17) is 0 Å². The number of carbonyl (C=O) groups excluding carboxylic acids is 2. The Labute approximate surface area is 135 Å². The van der Waals surface area contributed by atoms with Crippen LogP contribution in [-0.2, 0) is 9.59 Å². The van der Waals surface area contributed by atoms with Gasteiger partial charge in [-0.2, -0.15) is 0 Å². The predicted octanol–water partition coefficient (Wildman–Crippen LogP) is 2.17. The lowest BCUT2D eigenvalue weighted by Crippen LogP contribution is -2.38. The van der Waals surface area contributed by atoms with Crippen LogP contribution >= 0.6 is 0 Å². The van der Waals surface area contributed by atoms with E-state index in [9.17, 15) is 9.59 Å². The molecule has 0 saturated heterocycles. The van der Waals surface area contributed by atoms with Crippen molar-refractivity contribution >= 4 is 11.8 Å². The lowest BCUT2D eigenvalue weighted by Gasteiger charge is -2.15. The topological polar surface area (TPSA) is 86.9 Å². The number of hydrogen-bond acceptors (Lipinski definition) is 3. The molecule has 1 heterocycles. The maximum Gasteiger partial charge on any atom is 0.239 e. The van der Waals surface area contributed by atoms with E-state index in [1.54, 1.807) is 13.1 Å². The molecule has 0 fully saturated rings. The molecule has 23 heavy (non-hydrogen) atoms. The molecule has 1 aromatic heterocycles. The monoisotopic (exact) mass is 314 g/mol. The SMILES string of the molecule is CCC(=O)NCC(=O)N[C@@H](CC)c1ncc(-c2ccccc2)[nH]1. The van der Waals surface area contributed by atoms with E-state index in [1.807, 2.05) is 37.3 Å². The first-order chi connectivity index (χ1) is 11.1. The summed E-state index contributed by atoms with van der Waals surface area (Å²) in [7, 11) is 0. The molecule has 1 aromatic carbocycles. The first-order valence-electron chi connectivity index (χ1n) is 7.80. The van der Waals surface area contributed by atoms with Crippen molar-refractivity contribution < 1.29 is 9.59 Å². The third-order valence-electron chi connectivity index (χ3n) is 3.52. The molecule has 6 heteroatoms. The normalized spacial score (nSPS) is 11.7. The zero-order valence-electron chi connectivity index (χ0n) is 13.4. The maximum absolute atomic E-state index is 11.9. The smallest absolute Gasteiger partial charge is 0.239 e. The fourth-order valence-electron chi connectivity index (χ4n) is 2.19. The Morgan fingerprint density at radius 2 is 1.91 bits per heavy atom. The highest BCUT2D eigenvalue weighted by atomic mass is 16.2. The molecule has 6 nitrogen and oxygen atoms in total. The quantitative estimate of drug-likeness (QED) is 0.732. The van der Waals surface area contributed by atoms with Crippen molar-refractivity contribution in [1.82, 2.24) is 20.6 Å². The number of aromatic amines is 1. The molecule has 122 valence electrons. The second kappa shape index (κ2) is 8.12. The van der Waals surface area contributed by atoms with Gasteiger partial charge in [-0.05, 0) is 12.0 Å². The summed E-state index contributed by atoms with van der Waals surface area (Å²) in [5.74, 6) is 0.343. The average Bonchev–Trinajstić information content (AvgIpc) is 3.08. The first-order valence-corrected chi connectivity index (χ1v) is 7.80. The van der Waals surface area contributed by atoms with E-state index < -0.39 is 0 Å². The third kappa shape index (κ3) is 4.67. The van der Waals surface area contributed by atoms with Gasteiger partial charge in [-0.1, -0.05) is 44.2 Å². The minimum Gasteiger partial charge on any atom is -0.347 e. The van der Waals surface area contributed by atoms with Crippen LogP contribution in [-0.4, -0.2) is 28.3 Å². The van der Waals surface area contributed by atoms with Gasteiger partial charge in [-0.15, -0.1) is 0 Å². The van der Waals surface area contributed by atoms with Gasteiger partial charge in [0.05, 0.1) is 24.5 Å². The van der Waals surface area contributed by atoms with Crippen LogP contribution in [0.4, 0.5) is 0 Å². The standard InChI is InChI=1S/C17H22N4O2/c1-3-13(20-16(23)11-18-15(22)4-2)17-19-10-14(21-17)12-8-6-5-7-9-12/h5-10,13H,3-4,11H2,1-2H3,(H,18,22)(H,19,21)(H,20,23)/t13-/m0/s1. The van der Waals surface area contributed by atoms with E-state index in [2.05, 4.69) is 20.6 Å². The summed E-state index contributed by atoms with van der Waals surface area (Å²) < 4.78 is 0. The largest absolute Gasteiger partial charge is 0.347 e. The molecule has 0 aliphatic heterocycles. The summed E-state index contributed by atoms with van der Waals surface area (Å²) in [6, 6.07) is 9.67. The number of amides is 2. The molecule has 2 amide bonds. The van der Waals surface area contributed by atoms with Gasteiger partial charge in [0.2, 0.25) is 11.8 Å². The summed E-state index contributed by atoms with van der Waals surface area (Å²) in [5, 5.41) is 5.44.